The van der Waals surface area contributed by atoms with Crippen LogP contribution in [0.25, 0.3) is 131 Å². The summed E-state index contributed by atoms with van der Waals surface area (Å²) in [6.07, 6.45) is 0.943. The van der Waals surface area contributed by atoms with Gasteiger partial charge in [0.15, 0.2) is 0 Å². The molecule has 124 heavy (non-hydrogen) atoms. The summed E-state index contributed by atoms with van der Waals surface area (Å²) in [4.78, 5) is 0. The Bertz CT molecular complexity index is 7010. The van der Waals surface area contributed by atoms with E-state index in [4.69, 9.17) is 94.8 Å². The number of halogens is 2. The highest BCUT2D eigenvalue weighted by molar-refractivity contribution is 7.95. The quantitative estimate of drug-likeness (QED) is 0.144. The number of benzene rings is 18. The second-order valence-corrected chi connectivity index (χ2v) is 46.6. The van der Waals surface area contributed by atoms with Crippen molar-refractivity contribution in [1.29, 1.82) is 0 Å². The summed E-state index contributed by atoms with van der Waals surface area (Å²) in [5, 5.41) is 32.3. The normalized spacial score (nSPS) is 21.0. The molecule has 4 unspecified atom stereocenters. The van der Waals surface area contributed by atoms with Gasteiger partial charge in [0, 0.05) is 44.5 Å². The van der Waals surface area contributed by atoms with Gasteiger partial charge in [0.25, 0.3) is 0 Å². The Morgan fingerprint density at radius 3 is 0.637 bits per heavy atom. The summed E-state index contributed by atoms with van der Waals surface area (Å²) in [5.74, 6) is 4.26. The minimum atomic E-state index is -4.21. The molecule has 18 aromatic rings. The molecular formula is C98H66Cl2N7O11P6. The van der Waals surface area contributed by atoms with Crippen molar-refractivity contribution < 1.29 is 50.4 Å². The van der Waals surface area contributed by atoms with Gasteiger partial charge in [-0.3, -0.25) is 0 Å². The smallest absolute Gasteiger partial charge is 0.431 e. The first-order chi connectivity index (χ1) is 60.5. The maximum absolute atomic E-state index is 15.8. The van der Waals surface area contributed by atoms with Crippen molar-refractivity contribution in [2.45, 2.75) is 37.8 Å². The van der Waals surface area contributed by atoms with E-state index in [2.05, 4.69) is 97.1 Å². The van der Waals surface area contributed by atoms with E-state index in [1.165, 1.54) is 5.06 Å². The van der Waals surface area contributed by atoms with E-state index in [0.717, 1.165) is 142 Å². The third kappa shape index (κ3) is 11.8. The van der Waals surface area contributed by atoms with Crippen molar-refractivity contribution in [2.24, 2.45) is 27.1 Å². The second kappa shape index (κ2) is 27.5. The molecule has 25 rings (SSSR count). The van der Waals surface area contributed by atoms with Gasteiger partial charge in [0.1, 0.15) is 57.5 Å². The fourth-order valence-electron chi connectivity index (χ4n) is 18.9. The summed E-state index contributed by atoms with van der Waals surface area (Å²) in [6.45, 7) is -4.43. The van der Waals surface area contributed by atoms with E-state index in [0.29, 0.717) is 70.3 Å². The number of nitrogens with zero attached hydrogens (tertiary/aromatic N) is 7. The van der Waals surface area contributed by atoms with Crippen LogP contribution < -0.4 is 45.2 Å². The number of hydrogen-bond donors (Lipinski definition) is 0. The van der Waals surface area contributed by atoms with Crippen LogP contribution in [0.5, 0.6) is 57.5 Å². The molecule has 7 heterocycles. The van der Waals surface area contributed by atoms with Crippen molar-refractivity contribution in [3.63, 3.8) is 0 Å². The summed E-state index contributed by atoms with van der Waals surface area (Å²) in [7, 11) is -16.8. The van der Waals surface area contributed by atoms with Crippen LogP contribution in [0.1, 0.15) is 37.8 Å². The lowest BCUT2D eigenvalue weighted by molar-refractivity contribution is -0.260. The Morgan fingerprint density at radius 1 is 0.250 bits per heavy atom. The highest BCUT2D eigenvalue weighted by atomic mass is 35.7. The minimum Gasteiger partial charge on any atom is -0.431 e. The third-order valence-corrected chi connectivity index (χ3v) is 42.6. The van der Waals surface area contributed by atoms with Crippen molar-refractivity contribution in [3.05, 3.63) is 351 Å². The molecule has 18 nitrogen and oxygen atoms in total. The van der Waals surface area contributed by atoms with Crippen LogP contribution in [0.15, 0.2) is 367 Å². The molecule has 0 N–H and O–H groups in total. The van der Waals surface area contributed by atoms with E-state index in [1.807, 2.05) is 232 Å². The summed E-state index contributed by atoms with van der Waals surface area (Å²) in [5.41, 5.74) is 5.69. The maximum atomic E-state index is 15.8. The van der Waals surface area contributed by atoms with Crippen molar-refractivity contribution >= 4 is 153 Å². The predicted octanol–water partition coefficient (Wildman–Crippen LogP) is 33.0. The van der Waals surface area contributed by atoms with Crippen molar-refractivity contribution in [1.82, 2.24) is 5.06 Å². The van der Waals surface area contributed by atoms with E-state index in [1.54, 1.807) is 24.3 Å². The molecule has 1 fully saturated rings. The molecule has 1 saturated heterocycles. The lowest BCUT2D eigenvalue weighted by atomic mass is 9.89. The van der Waals surface area contributed by atoms with Crippen LogP contribution in [0.4, 0.5) is 0 Å². The van der Waals surface area contributed by atoms with Crippen LogP contribution in [0.2, 0.25) is 0 Å². The first kappa shape index (κ1) is 74.5. The molecule has 18 aromatic carbocycles. The molecule has 0 aliphatic carbocycles. The highest BCUT2D eigenvalue weighted by Gasteiger charge is 2.55. The molecular weight excluding hydrogens is 1710 g/mol. The van der Waals surface area contributed by atoms with Gasteiger partial charge in [-0.1, -0.05) is 276 Å². The zero-order valence-corrected chi connectivity index (χ0v) is 72.7. The number of hydroxylamine groups is 2. The van der Waals surface area contributed by atoms with E-state index < -0.39 is 55.3 Å². The average molecular weight is 1770 g/mol. The molecule has 1 radical (unpaired) electrons. The first-order valence-corrected chi connectivity index (χ1v) is 51.6. The van der Waals surface area contributed by atoms with Crippen LogP contribution in [0, 0.1) is 0 Å². The van der Waals surface area contributed by atoms with Crippen LogP contribution in [-0.4, -0.2) is 5.06 Å². The fraction of sp³-hybridized carbons (Fsp3) is 0.0612. The maximum Gasteiger partial charge on any atom is 0.459 e. The minimum absolute atomic E-state index is 0.296. The number of hydrogen-bond acceptors (Lipinski definition) is 17. The van der Waals surface area contributed by atoms with E-state index in [-0.39, 0.29) is 0 Å². The van der Waals surface area contributed by atoms with E-state index >= 15 is 5.21 Å². The molecule has 0 amide bonds. The SMILES string of the molecule is CC1(c2ccc(OP3(Cl)=NP4(=NP5(=N3)Oc3ccc6ccccc6c3-c3c(ccc6ccccc36)O5)Oc3ccc5ccccc5c3-c3c(ccc5ccccc35)O4)cc2)CCC(C)(c2ccc(OP3(Cl)=NP4(=NP5(=N3)Oc3ccc6ccccc6c3-c3c(ccc6ccccc36)O5)Oc3ccc5ccccc5c3-c3c(ccc5ccccc35)O4)cc2)N1[O]. The Kier molecular flexibility index (Phi) is 16.5. The summed E-state index contributed by atoms with van der Waals surface area (Å²) >= 11 is 16.4. The standard InChI is InChI=1S/C98H66Cl2N7O11P6/c1-97(69-43-47-71(48-44-69)109-119(99)101-121(111-81-51-35-61-19-3-11-27-73(61)89(81)90-74-28-12-4-20-62(74)36-52-82(90)112-121)105-122(102-119)113-83-53-37-63-21-5-13-29-75(63)91(83)92-76-30-14-6-22-64(76)38-54-84(92)114-122)59-60-98(2,107(97)108)70-45-49-72(50-46-70)110-120(100)103-123(115-85-55-39-65-23-7-15-31-77(65)93(85)94-78-32-16-8-24-66(78)40-56-86(94)116-123)106-124(104-120)117-87-57-41-67-25-9-17-33-79(67)95(87)96-80-34-18-10-26-68(80)42-58-88(96)118-124/h3-58H,59-60H2,1-2H3. The molecule has 603 valence electrons. The summed E-state index contributed by atoms with van der Waals surface area (Å²) in [6, 6.07) is 112. The summed E-state index contributed by atoms with van der Waals surface area (Å²) < 4.78 is 106. The molecule has 0 aromatic heterocycles. The molecule has 4 atom stereocenters. The lowest BCUT2D eigenvalue weighted by Crippen LogP contribution is -2.44. The predicted molar refractivity (Wildman–Crippen MR) is 501 cm³/mol. The van der Waals surface area contributed by atoms with Crippen molar-refractivity contribution in [2.75, 3.05) is 0 Å². The average Bonchev–Trinajstić information content (AvgIpc) is 1.51. The van der Waals surface area contributed by atoms with E-state index in [9.17, 15) is 0 Å². The van der Waals surface area contributed by atoms with Crippen LogP contribution in [0.3, 0.4) is 0 Å². The molecule has 7 aliphatic rings. The Balaban J connectivity index is 0.582. The number of rotatable bonds is 6. The Hall–Kier alpha value is -12.1. The van der Waals surface area contributed by atoms with Crippen molar-refractivity contribution in [3.8, 4) is 102 Å². The van der Waals surface area contributed by atoms with Gasteiger partial charge in [0.2, 0.25) is 0 Å². The Morgan fingerprint density at radius 2 is 0.435 bits per heavy atom. The van der Waals surface area contributed by atoms with Gasteiger partial charge in [-0.05, 0) is 219 Å². The molecule has 26 heteroatoms. The number of fused-ring (bicyclic) bond motifs is 28. The van der Waals surface area contributed by atoms with Gasteiger partial charge >= 0.3 is 44.2 Å². The molecule has 0 saturated carbocycles. The zero-order chi connectivity index (χ0) is 82.7. The monoisotopic (exact) mass is 1770 g/mol. The lowest BCUT2D eigenvalue weighted by Gasteiger charge is -2.37. The zero-order valence-electron chi connectivity index (χ0n) is 65.8. The highest BCUT2D eigenvalue weighted by Crippen LogP contribution is 2.84. The fourth-order valence-corrected chi connectivity index (χ4v) is 39.1. The van der Waals surface area contributed by atoms with Gasteiger partial charge in [-0.25, -0.2) is 0 Å². The molecule has 7 aliphatic heterocycles. The van der Waals surface area contributed by atoms with Gasteiger partial charge in [-0.15, -0.1) is 28.3 Å². The Labute approximate surface area is 721 Å². The van der Waals surface area contributed by atoms with Gasteiger partial charge < -0.3 is 45.2 Å². The molecule has 0 bridgehead atoms. The van der Waals surface area contributed by atoms with Gasteiger partial charge in [-0.2, -0.15) is 0 Å². The van der Waals surface area contributed by atoms with Gasteiger partial charge in [0.05, 0.1) is 11.1 Å². The molecule has 4 spiro atoms. The van der Waals surface area contributed by atoms with Crippen LogP contribution in [-0.2, 0) is 16.3 Å². The largest absolute Gasteiger partial charge is 0.459 e. The third-order valence-electron chi connectivity index (χ3n) is 24.6. The van der Waals surface area contributed by atoms with Crippen LogP contribution >= 0.6 is 66.7 Å². The topological polar surface area (TPSA) is 190 Å². The second-order valence-electron chi connectivity index (χ2n) is 32.0. The first-order valence-electron chi connectivity index (χ1n) is 40.5.